The number of benzene rings is 1. The Morgan fingerprint density at radius 1 is 1.23 bits per heavy atom. The highest BCUT2D eigenvalue weighted by atomic mass is 16.6. The topological polar surface area (TPSA) is 94.5 Å². The first-order valence-electron chi connectivity index (χ1n) is 12.4. The van der Waals surface area contributed by atoms with Gasteiger partial charge in [0.25, 0.3) is 0 Å². The number of ether oxygens (including phenoxy) is 4. The molecule has 1 fully saturated rings. The second-order valence-corrected chi connectivity index (χ2v) is 11.2. The Labute approximate surface area is 206 Å². The van der Waals surface area contributed by atoms with Crippen molar-refractivity contribution < 1.29 is 33.6 Å². The van der Waals surface area contributed by atoms with E-state index in [-0.39, 0.29) is 24.9 Å². The third kappa shape index (κ3) is 3.64. The molecule has 5 rings (SSSR count). The summed E-state index contributed by atoms with van der Waals surface area (Å²) in [6.07, 6.45) is 3.56. The summed E-state index contributed by atoms with van der Waals surface area (Å²) < 4.78 is 23.2. The van der Waals surface area contributed by atoms with Crippen LogP contribution in [0.2, 0.25) is 0 Å². The number of carbonyl (C=O) groups excluding carboxylic acids is 2. The zero-order valence-electron chi connectivity index (χ0n) is 21.2. The van der Waals surface area contributed by atoms with Crippen LogP contribution in [-0.4, -0.2) is 66.0 Å². The normalized spacial score (nSPS) is 30.6. The van der Waals surface area contributed by atoms with Crippen molar-refractivity contribution in [3.63, 3.8) is 0 Å². The highest BCUT2D eigenvalue weighted by molar-refractivity contribution is 5.74. The molecule has 0 amide bonds. The quantitative estimate of drug-likeness (QED) is 0.615. The Morgan fingerprint density at radius 2 is 1.97 bits per heavy atom. The van der Waals surface area contributed by atoms with Gasteiger partial charge in [-0.05, 0) is 71.3 Å². The van der Waals surface area contributed by atoms with Gasteiger partial charge >= 0.3 is 11.9 Å². The molecular weight excluding hydrogens is 450 g/mol. The van der Waals surface area contributed by atoms with E-state index >= 15 is 0 Å². The number of piperidine rings is 1. The molecule has 1 aromatic carbocycles. The number of likely N-dealkylation sites (tertiary alicyclic amines) is 1. The van der Waals surface area contributed by atoms with E-state index in [1.165, 1.54) is 0 Å². The highest BCUT2D eigenvalue weighted by Crippen LogP contribution is 2.65. The molecule has 0 radical (unpaired) electrons. The molecule has 1 spiro atoms. The molecule has 0 saturated carbocycles. The lowest BCUT2D eigenvalue weighted by atomic mass is 9.50. The van der Waals surface area contributed by atoms with E-state index in [1.807, 2.05) is 32.9 Å². The molecule has 35 heavy (non-hydrogen) atoms. The second-order valence-electron chi connectivity index (χ2n) is 11.2. The Hall–Kier alpha value is -2.58. The van der Waals surface area contributed by atoms with Gasteiger partial charge in [-0.25, -0.2) is 0 Å². The molecule has 8 heteroatoms. The summed E-state index contributed by atoms with van der Waals surface area (Å²) in [7, 11) is 3.66. The lowest BCUT2D eigenvalue weighted by Gasteiger charge is -2.61. The molecule has 2 bridgehead atoms. The second kappa shape index (κ2) is 8.23. The molecular formula is C27H35NO7. The van der Waals surface area contributed by atoms with Crippen LogP contribution in [0.5, 0.6) is 11.5 Å². The third-order valence-corrected chi connectivity index (χ3v) is 7.97. The molecule has 2 aliphatic carbocycles. The maximum Gasteiger partial charge on any atom is 0.310 e. The van der Waals surface area contributed by atoms with Crippen molar-refractivity contribution >= 4 is 11.9 Å². The van der Waals surface area contributed by atoms with Gasteiger partial charge in [-0.3, -0.25) is 9.59 Å². The predicted molar refractivity (Wildman–Crippen MR) is 127 cm³/mol. The monoisotopic (exact) mass is 485 g/mol. The van der Waals surface area contributed by atoms with Crippen LogP contribution in [-0.2, 0) is 30.9 Å². The van der Waals surface area contributed by atoms with Crippen molar-refractivity contribution in [1.29, 1.82) is 0 Å². The summed E-state index contributed by atoms with van der Waals surface area (Å²) in [5, 5.41) is 12.2. The Balaban J connectivity index is 1.39. The van der Waals surface area contributed by atoms with Gasteiger partial charge in [0.2, 0.25) is 0 Å². The molecule has 1 aromatic rings. The Morgan fingerprint density at radius 3 is 2.69 bits per heavy atom. The molecule has 190 valence electrons. The minimum Gasteiger partial charge on any atom is -0.493 e. The summed E-state index contributed by atoms with van der Waals surface area (Å²) in [4.78, 5) is 27.0. The predicted octanol–water partition coefficient (Wildman–Crippen LogP) is 3.03. The van der Waals surface area contributed by atoms with Crippen LogP contribution < -0.4 is 9.47 Å². The average molecular weight is 486 g/mol. The Bertz CT molecular complexity index is 1090. The van der Waals surface area contributed by atoms with Crippen molar-refractivity contribution in [2.24, 2.45) is 0 Å². The molecule has 8 nitrogen and oxygen atoms in total. The fourth-order valence-corrected chi connectivity index (χ4v) is 6.54. The summed E-state index contributed by atoms with van der Waals surface area (Å²) in [5.41, 5.74) is -0.152. The fraction of sp³-hybridized carbons (Fsp3) is 0.630. The van der Waals surface area contributed by atoms with E-state index in [2.05, 4.69) is 18.0 Å². The van der Waals surface area contributed by atoms with Gasteiger partial charge in [0.05, 0.1) is 18.1 Å². The van der Waals surface area contributed by atoms with Crippen LogP contribution in [0.15, 0.2) is 24.0 Å². The SMILES string of the molecule is COc1ccc2c3c1O[C@H]1C(OC(=O)CCCC(=O)OC(C)(C)C)=CC[C@@]4(O)[C@@H](C2)N(C)CC[C@]314. The van der Waals surface area contributed by atoms with Crippen LogP contribution in [0.25, 0.3) is 0 Å². The smallest absolute Gasteiger partial charge is 0.310 e. The van der Waals surface area contributed by atoms with E-state index in [0.717, 1.165) is 24.1 Å². The molecule has 1 saturated heterocycles. The first kappa shape index (κ1) is 24.1. The van der Waals surface area contributed by atoms with Crippen molar-refractivity contribution in [2.45, 2.75) is 88.1 Å². The van der Waals surface area contributed by atoms with Gasteiger partial charge in [-0.1, -0.05) is 6.07 Å². The number of aliphatic hydroxyl groups is 1. The van der Waals surface area contributed by atoms with E-state index in [9.17, 15) is 14.7 Å². The largest absolute Gasteiger partial charge is 0.493 e. The number of hydrogen-bond donors (Lipinski definition) is 1. The number of likely N-dealkylation sites (N-methyl/N-ethyl adjacent to an activating group) is 1. The van der Waals surface area contributed by atoms with E-state index in [4.69, 9.17) is 18.9 Å². The number of nitrogens with zero attached hydrogens (tertiary/aromatic N) is 1. The van der Waals surface area contributed by atoms with Crippen molar-refractivity contribution in [1.82, 2.24) is 4.90 Å². The van der Waals surface area contributed by atoms with Crippen LogP contribution in [0.4, 0.5) is 0 Å². The minimum absolute atomic E-state index is 0.0588. The van der Waals surface area contributed by atoms with Gasteiger partial charge in [-0.2, -0.15) is 0 Å². The minimum atomic E-state index is -1.04. The molecule has 2 heterocycles. The summed E-state index contributed by atoms with van der Waals surface area (Å²) in [5.74, 6) is 0.945. The van der Waals surface area contributed by atoms with Gasteiger partial charge in [0, 0.05) is 30.9 Å². The van der Waals surface area contributed by atoms with E-state index in [1.54, 1.807) is 7.11 Å². The lowest BCUT2D eigenvalue weighted by molar-refractivity contribution is -0.169. The van der Waals surface area contributed by atoms with Crippen LogP contribution in [0.1, 0.15) is 64.0 Å². The molecule has 4 atom stereocenters. The summed E-state index contributed by atoms with van der Waals surface area (Å²) in [6.45, 7) is 6.25. The molecule has 1 N–H and O–H groups in total. The van der Waals surface area contributed by atoms with E-state index in [0.29, 0.717) is 36.5 Å². The number of rotatable bonds is 6. The number of methoxy groups -OCH3 is 1. The van der Waals surface area contributed by atoms with Gasteiger partial charge < -0.3 is 29.0 Å². The van der Waals surface area contributed by atoms with Crippen LogP contribution in [0, 0.1) is 0 Å². The highest BCUT2D eigenvalue weighted by Gasteiger charge is 2.72. The van der Waals surface area contributed by atoms with Gasteiger partial charge in [0.1, 0.15) is 11.4 Å². The summed E-state index contributed by atoms with van der Waals surface area (Å²) in [6, 6.07) is 3.92. The zero-order valence-corrected chi connectivity index (χ0v) is 21.2. The lowest BCUT2D eigenvalue weighted by Crippen LogP contribution is -2.74. The van der Waals surface area contributed by atoms with Crippen molar-refractivity contribution in [3.05, 3.63) is 35.1 Å². The molecule has 4 aliphatic rings. The Kier molecular flexibility index (Phi) is 5.68. The zero-order chi connectivity index (χ0) is 25.2. The maximum absolute atomic E-state index is 12.8. The first-order valence-corrected chi connectivity index (χ1v) is 12.4. The third-order valence-electron chi connectivity index (χ3n) is 7.97. The number of esters is 2. The summed E-state index contributed by atoms with van der Waals surface area (Å²) >= 11 is 0. The number of hydrogen-bond acceptors (Lipinski definition) is 8. The molecule has 0 unspecified atom stereocenters. The first-order chi connectivity index (χ1) is 16.5. The fourth-order valence-electron chi connectivity index (χ4n) is 6.54. The molecule has 0 aromatic heterocycles. The van der Waals surface area contributed by atoms with Gasteiger partial charge in [0.15, 0.2) is 17.6 Å². The van der Waals surface area contributed by atoms with Crippen molar-refractivity contribution in [3.8, 4) is 11.5 Å². The molecule has 2 aliphatic heterocycles. The van der Waals surface area contributed by atoms with Crippen LogP contribution >= 0.6 is 0 Å². The van der Waals surface area contributed by atoms with Crippen LogP contribution in [0.3, 0.4) is 0 Å². The number of carbonyl (C=O) groups is 2. The average Bonchev–Trinajstić information content (AvgIpc) is 3.12. The maximum atomic E-state index is 12.8. The standard InChI is InChI=1S/C27H35NO7/c1-25(2,3)35-21(30)8-6-7-20(29)33-18-11-12-27(31)19-15-16-9-10-17(32-5)23-22(16)26(27,24(18)34-23)13-14-28(19)4/h9-11,19,24,31H,6-8,12-15H2,1-5H3/t19-,24+,26+,27-/m1/s1. The van der Waals surface area contributed by atoms with Gasteiger partial charge in [-0.15, -0.1) is 0 Å². The van der Waals surface area contributed by atoms with E-state index < -0.39 is 28.7 Å². The van der Waals surface area contributed by atoms with Crippen molar-refractivity contribution in [2.75, 3.05) is 20.7 Å².